The third-order valence-corrected chi connectivity index (χ3v) is 3.00. The normalized spacial score (nSPS) is 10.2. The van der Waals surface area contributed by atoms with Crippen molar-refractivity contribution in [2.24, 2.45) is 0 Å². The van der Waals surface area contributed by atoms with Crippen molar-refractivity contribution in [1.29, 1.82) is 0 Å². The van der Waals surface area contributed by atoms with E-state index in [1.54, 1.807) is 18.3 Å². The van der Waals surface area contributed by atoms with Crippen molar-refractivity contribution in [2.45, 2.75) is 6.92 Å². The predicted octanol–water partition coefficient (Wildman–Crippen LogP) is 3.54. The number of carbonyl (C=O) groups excluding carboxylic acids is 1. The van der Waals surface area contributed by atoms with Gasteiger partial charge in [0.25, 0.3) is 5.91 Å². The van der Waals surface area contributed by atoms with Crippen molar-refractivity contribution >= 4 is 27.7 Å². The molecule has 92 valence electrons. The Morgan fingerprint density at radius 2 is 2.11 bits per heavy atom. The summed E-state index contributed by atoms with van der Waals surface area (Å²) in [7, 11) is 0. The number of hydrogen-bond acceptors (Lipinski definition) is 2. The first-order valence-electron chi connectivity index (χ1n) is 5.26. The van der Waals surface area contributed by atoms with Crippen molar-refractivity contribution in [1.82, 2.24) is 4.98 Å². The van der Waals surface area contributed by atoms with Gasteiger partial charge < -0.3 is 5.32 Å². The summed E-state index contributed by atoms with van der Waals surface area (Å²) < 4.78 is 14.0. The molecule has 1 aromatic carbocycles. The van der Waals surface area contributed by atoms with Crippen molar-refractivity contribution in [3.05, 3.63) is 57.9 Å². The number of anilines is 1. The highest BCUT2D eigenvalue weighted by atomic mass is 79.9. The van der Waals surface area contributed by atoms with Crippen LogP contribution in [0.1, 0.15) is 15.9 Å². The topological polar surface area (TPSA) is 42.0 Å². The lowest BCUT2D eigenvalue weighted by Crippen LogP contribution is -2.15. The van der Waals surface area contributed by atoms with E-state index < -0.39 is 11.7 Å². The molecule has 3 nitrogen and oxygen atoms in total. The van der Waals surface area contributed by atoms with Gasteiger partial charge in [-0.2, -0.15) is 0 Å². The molecule has 0 aliphatic heterocycles. The van der Waals surface area contributed by atoms with E-state index in [-0.39, 0.29) is 5.56 Å². The quantitative estimate of drug-likeness (QED) is 0.922. The molecule has 0 spiro atoms. The van der Waals surface area contributed by atoms with Crippen LogP contribution in [0, 0.1) is 12.7 Å². The largest absolute Gasteiger partial charge is 0.306 e. The Morgan fingerprint density at radius 3 is 2.72 bits per heavy atom. The molecular weight excluding hydrogens is 299 g/mol. The molecule has 0 radical (unpaired) electrons. The molecule has 18 heavy (non-hydrogen) atoms. The fourth-order valence-electron chi connectivity index (χ4n) is 1.44. The lowest BCUT2D eigenvalue weighted by atomic mass is 10.2. The standard InChI is InChI=1S/C13H10BrFN2O/c1-8-5-6-11(16-7-8)17-13(18)12-9(14)3-2-4-10(12)15/h2-7H,1H3,(H,16,17,18). The molecule has 2 rings (SSSR count). The van der Waals surface area contributed by atoms with Gasteiger partial charge in [0.2, 0.25) is 0 Å². The lowest BCUT2D eigenvalue weighted by Gasteiger charge is -2.07. The molecule has 0 aliphatic rings. The molecule has 0 atom stereocenters. The number of aromatic nitrogens is 1. The zero-order valence-electron chi connectivity index (χ0n) is 9.58. The second kappa shape index (κ2) is 5.27. The van der Waals surface area contributed by atoms with Gasteiger partial charge in [0, 0.05) is 10.7 Å². The average molecular weight is 309 g/mol. The predicted molar refractivity (Wildman–Crippen MR) is 71.0 cm³/mol. The maximum atomic E-state index is 13.6. The van der Waals surface area contributed by atoms with Gasteiger partial charge >= 0.3 is 0 Å². The van der Waals surface area contributed by atoms with Crippen molar-refractivity contribution < 1.29 is 9.18 Å². The summed E-state index contributed by atoms with van der Waals surface area (Å²) in [6.07, 6.45) is 1.63. The first-order chi connectivity index (χ1) is 8.58. The van der Waals surface area contributed by atoms with E-state index >= 15 is 0 Å². The van der Waals surface area contributed by atoms with Gasteiger partial charge in [-0.3, -0.25) is 4.79 Å². The fourth-order valence-corrected chi connectivity index (χ4v) is 1.96. The van der Waals surface area contributed by atoms with Gasteiger partial charge in [-0.05, 0) is 46.6 Å². The first-order valence-corrected chi connectivity index (χ1v) is 6.05. The third kappa shape index (κ3) is 2.73. The van der Waals surface area contributed by atoms with E-state index in [0.29, 0.717) is 10.3 Å². The maximum absolute atomic E-state index is 13.6. The molecule has 0 unspecified atom stereocenters. The highest BCUT2D eigenvalue weighted by Gasteiger charge is 2.15. The fraction of sp³-hybridized carbons (Fsp3) is 0.0769. The number of carbonyl (C=O) groups is 1. The minimum Gasteiger partial charge on any atom is -0.306 e. The van der Waals surface area contributed by atoms with E-state index in [9.17, 15) is 9.18 Å². The summed E-state index contributed by atoms with van der Waals surface area (Å²) in [4.78, 5) is 16.0. The molecule has 0 saturated heterocycles. The number of benzene rings is 1. The number of amides is 1. The number of aryl methyl sites for hydroxylation is 1. The zero-order chi connectivity index (χ0) is 13.1. The SMILES string of the molecule is Cc1ccc(NC(=O)c2c(F)cccc2Br)nc1. The van der Waals surface area contributed by atoms with Crippen LogP contribution in [-0.2, 0) is 0 Å². The van der Waals surface area contributed by atoms with E-state index in [0.717, 1.165) is 5.56 Å². The second-order valence-corrected chi connectivity index (χ2v) is 4.63. The molecule has 1 aromatic heterocycles. The van der Waals surface area contributed by atoms with Crippen LogP contribution in [0.25, 0.3) is 0 Å². The number of halogens is 2. The Labute approximate surface area is 112 Å². The molecule has 0 bridgehead atoms. The zero-order valence-corrected chi connectivity index (χ0v) is 11.2. The Hall–Kier alpha value is -1.75. The number of rotatable bonds is 2. The number of nitrogens with one attached hydrogen (secondary N) is 1. The summed E-state index contributed by atoms with van der Waals surface area (Å²) in [5.74, 6) is -0.717. The van der Waals surface area contributed by atoms with Gasteiger partial charge in [0.1, 0.15) is 11.6 Å². The Bertz CT molecular complexity index is 564. The summed E-state index contributed by atoms with van der Waals surface area (Å²) in [5.41, 5.74) is 0.958. The van der Waals surface area contributed by atoms with E-state index in [1.165, 1.54) is 12.1 Å². The summed E-state index contributed by atoms with van der Waals surface area (Å²) in [5, 5.41) is 2.55. The van der Waals surface area contributed by atoms with E-state index in [1.807, 2.05) is 13.0 Å². The highest BCUT2D eigenvalue weighted by molar-refractivity contribution is 9.10. The van der Waals surface area contributed by atoms with Crippen LogP contribution in [0.4, 0.5) is 10.2 Å². The molecule has 1 heterocycles. The van der Waals surface area contributed by atoms with E-state index in [2.05, 4.69) is 26.2 Å². The van der Waals surface area contributed by atoms with Crippen LogP contribution >= 0.6 is 15.9 Å². The van der Waals surface area contributed by atoms with Crippen molar-refractivity contribution in [2.75, 3.05) is 5.32 Å². The maximum Gasteiger partial charge on any atom is 0.260 e. The van der Waals surface area contributed by atoms with Crippen LogP contribution in [0.5, 0.6) is 0 Å². The van der Waals surface area contributed by atoms with E-state index in [4.69, 9.17) is 0 Å². The molecule has 1 N–H and O–H groups in total. The molecular formula is C13H10BrFN2O. The van der Waals surface area contributed by atoms with Crippen molar-refractivity contribution in [3.63, 3.8) is 0 Å². The summed E-state index contributed by atoms with van der Waals surface area (Å²) in [6, 6.07) is 7.87. The van der Waals surface area contributed by atoms with Gasteiger partial charge in [-0.25, -0.2) is 9.37 Å². The highest BCUT2D eigenvalue weighted by Crippen LogP contribution is 2.20. The van der Waals surface area contributed by atoms with Crippen LogP contribution in [0.2, 0.25) is 0 Å². The minimum atomic E-state index is -0.575. The van der Waals surface area contributed by atoms with Crippen LogP contribution in [0.3, 0.4) is 0 Å². The molecule has 2 aromatic rings. The van der Waals surface area contributed by atoms with Gasteiger partial charge in [0.15, 0.2) is 0 Å². The Balaban J connectivity index is 2.25. The van der Waals surface area contributed by atoms with Gasteiger partial charge in [0.05, 0.1) is 5.56 Å². The van der Waals surface area contributed by atoms with Crippen molar-refractivity contribution in [3.8, 4) is 0 Å². The monoisotopic (exact) mass is 308 g/mol. The lowest BCUT2D eigenvalue weighted by molar-refractivity contribution is 0.102. The molecule has 5 heteroatoms. The Kier molecular flexibility index (Phi) is 3.72. The number of pyridine rings is 1. The van der Waals surface area contributed by atoms with Gasteiger partial charge in [-0.15, -0.1) is 0 Å². The average Bonchev–Trinajstić information content (AvgIpc) is 2.32. The molecule has 0 saturated carbocycles. The third-order valence-electron chi connectivity index (χ3n) is 2.34. The van der Waals surface area contributed by atoms with Crippen LogP contribution in [0.15, 0.2) is 41.0 Å². The Morgan fingerprint density at radius 1 is 1.33 bits per heavy atom. The summed E-state index contributed by atoms with van der Waals surface area (Å²) >= 11 is 3.15. The van der Waals surface area contributed by atoms with Gasteiger partial charge in [-0.1, -0.05) is 12.1 Å². The molecule has 1 amide bonds. The van der Waals surface area contributed by atoms with Crippen LogP contribution < -0.4 is 5.32 Å². The molecule has 0 aliphatic carbocycles. The summed E-state index contributed by atoms with van der Waals surface area (Å²) in [6.45, 7) is 1.89. The minimum absolute atomic E-state index is 0.0279. The smallest absolute Gasteiger partial charge is 0.260 e. The van der Waals surface area contributed by atoms with Crippen LogP contribution in [-0.4, -0.2) is 10.9 Å². The number of nitrogens with zero attached hydrogens (tertiary/aromatic N) is 1. The second-order valence-electron chi connectivity index (χ2n) is 3.77. The molecule has 0 fully saturated rings. The number of hydrogen-bond donors (Lipinski definition) is 1. The first kappa shape index (κ1) is 12.7.